The lowest BCUT2D eigenvalue weighted by molar-refractivity contribution is -0.185. The van der Waals surface area contributed by atoms with Crippen molar-refractivity contribution < 1.29 is 27.8 Å². The first-order chi connectivity index (χ1) is 16.6. The average molecular weight is 497 g/mol. The van der Waals surface area contributed by atoms with Gasteiger partial charge in [-0.3, -0.25) is 0 Å². The minimum Gasteiger partial charge on any atom is -0.421 e. The highest BCUT2D eigenvalue weighted by Crippen LogP contribution is 2.45. The summed E-state index contributed by atoms with van der Waals surface area (Å²) >= 11 is 1.04. The molecule has 0 aliphatic carbocycles. The van der Waals surface area contributed by atoms with Gasteiger partial charge in [-0.2, -0.15) is 21.9 Å². The van der Waals surface area contributed by atoms with E-state index in [0.717, 1.165) is 35.0 Å². The smallest absolute Gasteiger partial charge is 0.416 e. The predicted octanol–water partition coefficient (Wildman–Crippen LogP) is 5.73. The van der Waals surface area contributed by atoms with Gasteiger partial charge in [0, 0.05) is 17.6 Å². The number of benzene rings is 3. The first kappa shape index (κ1) is 23.2. The Morgan fingerprint density at radius 2 is 1.66 bits per heavy atom. The van der Waals surface area contributed by atoms with Gasteiger partial charge in [-0.25, -0.2) is 4.79 Å². The lowest BCUT2D eigenvalue weighted by Gasteiger charge is -2.26. The van der Waals surface area contributed by atoms with E-state index >= 15 is 0 Å². The zero-order valence-electron chi connectivity index (χ0n) is 18.7. The molecule has 2 heterocycles. The Balaban J connectivity index is 1.67. The first-order valence-corrected chi connectivity index (χ1v) is 11.5. The van der Waals surface area contributed by atoms with Crippen LogP contribution in [0, 0.1) is 13.8 Å². The topological polar surface area (TPSA) is 72.3 Å². The van der Waals surface area contributed by atoms with Crippen molar-refractivity contribution in [2.75, 3.05) is 0 Å². The molecule has 5 rings (SSSR count). The lowest BCUT2D eigenvalue weighted by atomic mass is 9.87. The molecular formula is C26H19F3N2O3S. The third-order valence-electron chi connectivity index (χ3n) is 6.26. The molecule has 35 heavy (non-hydrogen) atoms. The molecule has 0 amide bonds. The van der Waals surface area contributed by atoms with E-state index < -0.39 is 23.5 Å². The third kappa shape index (κ3) is 4.11. The van der Waals surface area contributed by atoms with Gasteiger partial charge >= 0.3 is 12.1 Å². The van der Waals surface area contributed by atoms with Crippen molar-refractivity contribution in [1.82, 2.24) is 8.75 Å². The number of ether oxygens (including phenoxy) is 1. The van der Waals surface area contributed by atoms with Gasteiger partial charge in [-0.05, 0) is 66.4 Å². The second kappa shape index (κ2) is 8.28. The van der Waals surface area contributed by atoms with Crippen molar-refractivity contribution in [2.45, 2.75) is 32.2 Å². The van der Waals surface area contributed by atoms with Crippen molar-refractivity contribution in [3.05, 3.63) is 99.6 Å². The van der Waals surface area contributed by atoms with E-state index in [2.05, 4.69) is 8.75 Å². The fourth-order valence-corrected chi connectivity index (χ4v) is 4.70. The fourth-order valence-electron chi connectivity index (χ4n) is 4.18. The number of rotatable bonds is 4. The number of fused-ring (bicyclic) bond motifs is 1. The summed E-state index contributed by atoms with van der Waals surface area (Å²) in [5.41, 5.74) is 4.10. The number of aromatic nitrogens is 2. The van der Waals surface area contributed by atoms with E-state index in [-0.39, 0.29) is 17.6 Å². The summed E-state index contributed by atoms with van der Waals surface area (Å²) < 4.78 is 53.1. The Hall–Kier alpha value is -3.56. The van der Waals surface area contributed by atoms with Crippen molar-refractivity contribution in [2.24, 2.45) is 0 Å². The van der Waals surface area contributed by atoms with Gasteiger partial charge < -0.3 is 9.84 Å². The lowest BCUT2D eigenvalue weighted by Crippen LogP contribution is -2.30. The number of carbonyl (C=O) groups excluding carboxylic acids is 1. The molecule has 4 aromatic rings. The minimum absolute atomic E-state index is 0.00398. The molecule has 0 radical (unpaired) electrons. The number of hydrogen-bond acceptors (Lipinski definition) is 6. The van der Waals surface area contributed by atoms with Crippen LogP contribution in [0.3, 0.4) is 0 Å². The molecule has 0 bridgehead atoms. The molecule has 1 aliphatic heterocycles. The van der Waals surface area contributed by atoms with Gasteiger partial charge in [0.2, 0.25) is 0 Å². The van der Waals surface area contributed by atoms with Crippen LogP contribution in [-0.4, -0.2) is 19.8 Å². The highest BCUT2D eigenvalue weighted by atomic mass is 32.1. The van der Waals surface area contributed by atoms with Crippen LogP contribution in [0.25, 0.3) is 16.6 Å². The summed E-state index contributed by atoms with van der Waals surface area (Å²) in [4.78, 5) is 13.2. The second-order valence-corrected chi connectivity index (χ2v) is 9.05. The number of aliphatic hydroxyl groups is 1. The molecule has 5 nitrogen and oxygen atoms in total. The number of hydrogen-bond donors (Lipinski definition) is 1. The number of esters is 1. The highest BCUT2D eigenvalue weighted by molar-refractivity contribution is 7.00. The molecular weight excluding hydrogens is 477 g/mol. The Bertz CT molecular complexity index is 1490. The number of aryl methyl sites for hydroxylation is 2. The van der Waals surface area contributed by atoms with Crippen molar-refractivity contribution in [1.29, 1.82) is 0 Å². The largest absolute Gasteiger partial charge is 0.421 e. The summed E-state index contributed by atoms with van der Waals surface area (Å²) in [6.07, 6.45) is -4.47. The monoisotopic (exact) mass is 496 g/mol. The SMILES string of the molecule is Cc1ccc(C2(O)OC(=O)C(c3ccc4nsnc4c3)=C2Cc2ccc(C(F)(F)F)cc2)cc1C. The van der Waals surface area contributed by atoms with Gasteiger partial charge in [0.15, 0.2) is 0 Å². The van der Waals surface area contributed by atoms with Crippen molar-refractivity contribution in [3.8, 4) is 0 Å². The zero-order valence-corrected chi connectivity index (χ0v) is 19.5. The molecule has 1 N–H and O–H groups in total. The summed E-state index contributed by atoms with van der Waals surface area (Å²) in [5.74, 6) is -2.81. The third-order valence-corrected chi connectivity index (χ3v) is 6.81. The number of alkyl halides is 3. The summed E-state index contributed by atoms with van der Waals surface area (Å²) in [7, 11) is 0. The Kier molecular flexibility index (Phi) is 5.49. The second-order valence-electron chi connectivity index (χ2n) is 8.53. The molecule has 1 unspecified atom stereocenters. The zero-order chi connectivity index (χ0) is 25.0. The molecule has 1 aromatic heterocycles. The Labute approximate surface area is 202 Å². The highest BCUT2D eigenvalue weighted by Gasteiger charge is 2.48. The maximum absolute atomic E-state index is 13.2. The molecule has 9 heteroatoms. The van der Waals surface area contributed by atoms with Crippen LogP contribution >= 0.6 is 11.7 Å². The van der Waals surface area contributed by atoms with Crippen LogP contribution in [0.1, 0.15) is 33.4 Å². The van der Waals surface area contributed by atoms with E-state index in [0.29, 0.717) is 27.7 Å². The molecule has 0 saturated carbocycles. The van der Waals surface area contributed by atoms with Crippen LogP contribution in [0.4, 0.5) is 13.2 Å². The molecule has 3 aromatic carbocycles. The predicted molar refractivity (Wildman–Crippen MR) is 125 cm³/mol. The standard InChI is InChI=1S/C26H19F3N2O3S/c1-14-3-7-19(11-15(14)2)25(33)20(12-16-4-8-18(9-5-16)26(27,28)29)23(24(32)34-25)17-6-10-21-22(13-17)31-35-30-21/h3-11,13,33H,12H2,1-2H3. The number of halogens is 3. The molecule has 0 spiro atoms. The van der Waals surface area contributed by atoms with E-state index in [1.807, 2.05) is 19.9 Å². The first-order valence-electron chi connectivity index (χ1n) is 10.7. The molecule has 0 fully saturated rings. The Morgan fingerprint density at radius 3 is 2.34 bits per heavy atom. The molecule has 0 saturated heterocycles. The van der Waals surface area contributed by atoms with Gasteiger partial charge in [0.05, 0.1) is 22.9 Å². The summed E-state index contributed by atoms with van der Waals surface area (Å²) in [6.45, 7) is 3.80. The number of cyclic esters (lactones) is 1. The maximum atomic E-state index is 13.2. The number of carbonyl (C=O) groups is 1. The van der Waals surface area contributed by atoms with E-state index in [9.17, 15) is 23.1 Å². The van der Waals surface area contributed by atoms with Crippen LogP contribution in [-0.2, 0) is 27.9 Å². The normalized spacial score (nSPS) is 18.4. The minimum atomic E-state index is -4.47. The van der Waals surface area contributed by atoms with Crippen molar-refractivity contribution in [3.63, 3.8) is 0 Å². The number of nitrogens with zero attached hydrogens (tertiary/aromatic N) is 2. The van der Waals surface area contributed by atoms with Crippen LogP contribution in [0.15, 0.2) is 66.2 Å². The van der Waals surface area contributed by atoms with E-state index in [4.69, 9.17) is 4.74 Å². The van der Waals surface area contributed by atoms with Gasteiger partial charge in [0.25, 0.3) is 5.79 Å². The van der Waals surface area contributed by atoms with E-state index in [1.54, 1.807) is 30.3 Å². The Morgan fingerprint density at radius 1 is 0.943 bits per heavy atom. The molecule has 1 atom stereocenters. The molecule has 178 valence electrons. The maximum Gasteiger partial charge on any atom is 0.416 e. The van der Waals surface area contributed by atoms with Crippen molar-refractivity contribution >= 4 is 34.3 Å². The quantitative estimate of drug-likeness (QED) is 0.366. The van der Waals surface area contributed by atoms with E-state index in [1.165, 1.54) is 12.1 Å². The van der Waals surface area contributed by atoms with Gasteiger partial charge in [0.1, 0.15) is 11.0 Å². The van der Waals surface area contributed by atoms with Crippen LogP contribution in [0.5, 0.6) is 0 Å². The summed E-state index contributed by atoms with van der Waals surface area (Å²) in [6, 6.07) is 15.0. The van der Waals surface area contributed by atoms with Gasteiger partial charge in [-0.1, -0.05) is 30.3 Å². The average Bonchev–Trinajstić information content (AvgIpc) is 3.37. The van der Waals surface area contributed by atoms with Gasteiger partial charge in [-0.15, -0.1) is 0 Å². The molecule has 1 aliphatic rings. The van der Waals surface area contributed by atoms with Crippen LogP contribution in [0.2, 0.25) is 0 Å². The fraction of sp³-hybridized carbons (Fsp3) is 0.192. The summed E-state index contributed by atoms with van der Waals surface area (Å²) in [5, 5.41) is 11.8. The van der Waals surface area contributed by atoms with Crippen LogP contribution < -0.4 is 0 Å².